The summed E-state index contributed by atoms with van der Waals surface area (Å²) in [7, 11) is 0. The van der Waals surface area contributed by atoms with Crippen LogP contribution in [-0.4, -0.2) is 11.1 Å². The van der Waals surface area contributed by atoms with Crippen molar-refractivity contribution in [2.75, 3.05) is 5.43 Å². The van der Waals surface area contributed by atoms with E-state index in [0.717, 1.165) is 10.8 Å². The monoisotopic (exact) mass is 232 g/mol. The smallest absolute Gasteiger partial charge is 0.347 e. The highest BCUT2D eigenvalue weighted by molar-refractivity contribution is 5.89. The molecule has 0 fully saturated rings. The number of carbonyl (C=O) groups excluding carboxylic acids is 1. The number of amides is 2. The molecule has 0 aromatic heterocycles. The second-order valence-electron chi connectivity index (χ2n) is 3.44. The molecule has 0 aliphatic heterocycles. The van der Waals surface area contributed by atoms with Crippen molar-refractivity contribution in [1.82, 2.24) is 10.9 Å². The molecular formula is C11H12N4O2. The van der Waals surface area contributed by atoms with Crippen molar-refractivity contribution in [3.8, 4) is 5.75 Å². The van der Waals surface area contributed by atoms with E-state index >= 15 is 0 Å². The Balaban J connectivity index is 2.28. The van der Waals surface area contributed by atoms with Gasteiger partial charge in [0.2, 0.25) is 0 Å². The van der Waals surface area contributed by atoms with Crippen LogP contribution in [0.1, 0.15) is 0 Å². The largest absolute Gasteiger partial charge is 0.506 e. The average Bonchev–Trinajstić information content (AvgIpc) is 2.35. The van der Waals surface area contributed by atoms with Gasteiger partial charge in [-0.1, -0.05) is 24.3 Å². The Hall–Kier alpha value is -2.47. The number of benzene rings is 2. The fourth-order valence-corrected chi connectivity index (χ4v) is 1.49. The molecule has 2 rings (SSSR count). The van der Waals surface area contributed by atoms with Gasteiger partial charge in [0.25, 0.3) is 0 Å². The third kappa shape index (κ3) is 2.37. The first kappa shape index (κ1) is 11.0. The summed E-state index contributed by atoms with van der Waals surface area (Å²) in [6.07, 6.45) is 0. The molecule has 6 heteroatoms. The first-order valence-electron chi connectivity index (χ1n) is 4.95. The highest BCUT2D eigenvalue weighted by Gasteiger charge is 2.04. The van der Waals surface area contributed by atoms with Crippen LogP contribution in [0.25, 0.3) is 10.8 Å². The maximum Gasteiger partial charge on any atom is 0.347 e. The lowest BCUT2D eigenvalue weighted by Crippen LogP contribution is -2.42. The minimum Gasteiger partial charge on any atom is -0.506 e. The summed E-state index contributed by atoms with van der Waals surface area (Å²) >= 11 is 0. The van der Waals surface area contributed by atoms with Crippen LogP contribution in [-0.2, 0) is 0 Å². The number of hydrazine groups is 2. The third-order valence-corrected chi connectivity index (χ3v) is 2.31. The number of phenols is 1. The number of phenolic OH excluding ortho intramolecular Hbond substituents is 1. The summed E-state index contributed by atoms with van der Waals surface area (Å²) in [5.74, 6) is 4.94. The van der Waals surface area contributed by atoms with Crippen LogP contribution in [0.15, 0.2) is 36.4 Å². The van der Waals surface area contributed by atoms with Crippen molar-refractivity contribution < 1.29 is 9.90 Å². The lowest BCUT2D eigenvalue weighted by atomic mass is 10.1. The van der Waals surface area contributed by atoms with E-state index in [0.29, 0.717) is 5.69 Å². The van der Waals surface area contributed by atoms with E-state index in [9.17, 15) is 9.90 Å². The molecular weight excluding hydrogens is 220 g/mol. The maximum absolute atomic E-state index is 10.9. The average molecular weight is 232 g/mol. The van der Waals surface area contributed by atoms with E-state index in [1.807, 2.05) is 29.7 Å². The number of anilines is 1. The number of hydrogen-bond donors (Lipinski definition) is 5. The molecule has 17 heavy (non-hydrogen) atoms. The van der Waals surface area contributed by atoms with Crippen LogP contribution in [0.5, 0.6) is 5.75 Å². The number of hydrogen-bond acceptors (Lipinski definition) is 4. The van der Waals surface area contributed by atoms with Gasteiger partial charge in [-0.05, 0) is 22.9 Å². The molecule has 0 saturated heterocycles. The number of fused-ring (bicyclic) bond motifs is 1. The van der Waals surface area contributed by atoms with Gasteiger partial charge in [0.15, 0.2) is 0 Å². The maximum atomic E-state index is 10.9. The summed E-state index contributed by atoms with van der Waals surface area (Å²) < 4.78 is 0. The number of rotatable bonds is 2. The zero-order valence-corrected chi connectivity index (χ0v) is 8.90. The molecule has 0 radical (unpaired) electrons. The minimum atomic E-state index is -0.599. The Labute approximate surface area is 97.4 Å². The van der Waals surface area contributed by atoms with E-state index in [-0.39, 0.29) is 5.75 Å². The van der Waals surface area contributed by atoms with Crippen LogP contribution in [0.3, 0.4) is 0 Å². The normalized spacial score (nSPS) is 9.94. The fraction of sp³-hybridized carbons (Fsp3) is 0. The molecule has 0 heterocycles. The van der Waals surface area contributed by atoms with Crippen LogP contribution >= 0.6 is 0 Å². The van der Waals surface area contributed by atoms with Crippen molar-refractivity contribution >= 4 is 22.5 Å². The molecule has 0 unspecified atom stereocenters. The molecule has 0 atom stereocenters. The molecule has 88 valence electrons. The summed E-state index contributed by atoms with van der Waals surface area (Å²) in [5.41, 5.74) is 7.13. The molecule has 6 nitrogen and oxygen atoms in total. The van der Waals surface area contributed by atoms with Crippen LogP contribution in [0, 0.1) is 0 Å². The summed E-state index contributed by atoms with van der Waals surface area (Å²) in [5, 5.41) is 11.6. The van der Waals surface area contributed by atoms with Gasteiger partial charge in [-0.15, -0.1) is 0 Å². The Morgan fingerprint density at radius 1 is 1.18 bits per heavy atom. The van der Waals surface area contributed by atoms with Gasteiger partial charge in [0.05, 0.1) is 5.69 Å². The Kier molecular flexibility index (Phi) is 2.97. The van der Waals surface area contributed by atoms with Crippen molar-refractivity contribution in [1.29, 1.82) is 0 Å². The van der Waals surface area contributed by atoms with Gasteiger partial charge in [-0.2, -0.15) is 0 Å². The molecule has 0 aliphatic carbocycles. The molecule has 2 amide bonds. The highest BCUT2D eigenvalue weighted by atomic mass is 16.3. The summed E-state index contributed by atoms with van der Waals surface area (Å²) in [4.78, 5) is 10.9. The van der Waals surface area contributed by atoms with E-state index in [1.54, 1.807) is 12.1 Å². The van der Waals surface area contributed by atoms with Gasteiger partial charge in [0.1, 0.15) is 5.75 Å². The van der Waals surface area contributed by atoms with Gasteiger partial charge >= 0.3 is 6.03 Å². The molecule has 0 aliphatic rings. The lowest BCUT2D eigenvalue weighted by Gasteiger charge is -2.10. The molecule has 2 aromatic rings. The third-order valence-electron chi connectivity index (χ3n) is 2.31. The number of nitrogens with one attached hydrogen (secondary N) is 3. The molecule has 0 spiro atoms. The van der Waals surface area contributed by atoms with Crippen molar-refractivity contribution in [3.05, 3.63) is 36.4 Å². The van der Waals surface area contributed by atoms with Gasteiger partial charge in [0, 0.05) is 0 Å². The topological polar surface area (TPSA) is 99.4 Å². The lowest BCUT2D eigenvalue weighted by molar-refractivity contribution is 0.243. The number of urea groups is 1. The zero-order chi connectivity index (χ0) is 12.3. The second-order valence-corrected chi connectivity index (χ2v) is 3.44. The fourth-order valence-electron chi connectivity index (χ4n) is 1.49. The molecule has 0 saturated carbocycles. The highest BCUT2D eigenvalue weighted by Crippen LogP contribution is 2.28. The number of carbonyl (C=O) groups is 1. The van der Waals surface area contributed by atoms with Crippen LogP contribution < -0.4 is 22.1 Å². The van der Waals surface area contributed by atoms with E-state index in [2.05, 4.69) is 10.9 Å². The van der Waals surface area contributed by atoms with Crippen molar-refractivity contribution in [2.45, 2.75) is 0 Å². The van der Waals surface area contributed by atoms with E-state index in [4.69, 9.17) is 5.84 Å². The predicted octanol–water partition coefficient (Wildman–Crippen LogP) is 1.05. The summed E-state index contributed by atoms with van der Waals surface area (Å²) in [6.45, 7) is 0. The Morgan fingerprint density at radius 2 is 1.82 bits per heavy atom. The van der Waals surface area contributed by atoms with Crippen molar-refractivity contribution in [2.24, 2.45) is 5.84 Å². The van der Waals surface area contributed by atoms with Crippen molar-refractivity contribution in [3.63, 3.8) is 0 Å². The quantitative estimate of drug-likeness (QED) is 0.231. The zero-order valence-electron chi connectivity index (χ0n) is 8.90. The first-order chi connectivity index (χ1) is 8.20. The van der Waals surface area contributed by atoms with Crippen LogP contribution in [0.2, 0.25) is 0 Å². The van der Waals surface area contributed by atoms with Crippen LogP contribution in [0.4, 0.5) is 10.5 Å². The first-order valence-corrected chi connectivity index (χ1v) is 4.95. The number of aromatic hydroxyl groups is 1. The molecule has 2 aromatic carbocycles. The Morgan fingerprint density at radius 3 is 2.47 bits per heavy atom. The van der Waals surface area contributed by atoms with Gasteiger partial charge < -0.3 is 5.11 Å². The molecule has 0 bridgehead atoms. The second kappa shape index (κ2) is 4.58. The van der Waals surface area contributed by atoms with Gasteiger partial charge in [-0.3, -0.25) is 16.3 Å². The Bertz CT molecular complexity index is 556. The minimum absolute atomic E-state index is 0.0426. The van der Waals surface area contributed by atoms with E-state index in [1.165, 1.54) is 0 Å². The SMILES string of the molecule is NNC(=O)NNc1cc2ccccc2cc1O. The predicted molar refractivity (Wildman–Crippen MR) is 65.1 cm³/mol. The summed E-state index contributed by atoms with van der Waals surface area (Å²) in [6, 6.07) is 10.3. The van der Waals surface area contributed by atoms with E-state index < -0.39 is 6.03 Å². The standard InChI is InChI=1S/C11H12N4O2/c12-13-11(17)15-14-9-5-7-3-1-2-4-8(7)6-10(9)16/h1-6,14,16H,12H2,(H2,13,15,17). The number of nitrogens with two attached hydrogens (primary N) is 1. The van der Waals surface area contributed by atoms with Gasteiger partial charge in [-0.25, -0.2) is 10.6 Å². The molecule has 6 N–H and O–H groups in total.